The molecule has 1 aliphatic rings. The number of benzene rings is 1. The molecule has 1 unspecified atom stereocenters. The van der Waals surface area contributed by atoms with Crippen molar-refractivity contribution in [2.45, 2.75) is 5.25 Å². The molecule has 0 saturated carbocycles. The molecule has 0 aromatic heterocycles. The maximum atomic E-state index is 12.0. The summed E-state index contributed by atoms with van der Waals surface area (Å²) in [6, 6.07) is 7.89. The summed E-state index contributed by atoms with van der Waals surface area (Å²) in [6.45, 7) is 1.78. The highest BCUT2D eigenvalue weighted by molar-refractivity contribution is 7.91. The minimum Gasteiger partial charge on any atom is -0.616 e. The van der Waals surface area contributed by atoms with Crippen LogP contribution in [0.5, 0.6) is 5.75 Å². The third-order valence-electron chi connectivity index (χ3n) is 2.93. The molecule has 1 fully saturated rings. The van der Waals surface area contributed by atoms with Gasteiger partial charge in [0.05, 0.1) is 13.7 Å². The molecule has 0 spiro atoms. The van der Waals surface area contributed by atoms with Crippen molar-refractivity contribution >= 4 is 23.6 Å². The first kappa shape index (κ1) is 14.6. The van der Waals surface area contributed by atoms with Gasteiger partial charge in [0.25, 0.3) is 0 Å². The van der Waals surface area contributed by atoms with Gasteiger partial charge in [-0.3, -0.25) is 4.90 Å². The lowest BCUT2D eigenvalue weighted by molar-refractivity contribution is 0.333. The molecule has 0 N–H and O–H groups in total. The van der Waals surface area contributed by atoms with Crippen LogP contribution in [0, 0.1) is 0 Å². The zero-order valence-electron chi connectivity index (χ0n) is 10.1. The molecule has 0 bridgehead atoms. The molecule has 2 rings (SSSR count). The molecule has 96 valence electrons. The van der Waals surface area contributed by atoms with Gasteiger partial charge in [-0.15, -0.1) is 12.4 Å². The summed E-state index contributed by atoms with van der Waals surface area (Å²) >= 11 is -0.757. The number of rotatable bonds is 2. The fourth-order valence-corrected chi connectivity index (χ4v) is 3.59. The standard InChI is InChI=1S/C12H17NO2S.ClH/c1-13-6-7-16(14)12(9-13)10-4-3-5-11(8-10)15-2;/h3-5,8,12H,6-7,9H2,1-2H3;1H/t12-,16?;/m1./s1. The highest BCUT2D eigenvalue weighted by Gasteiger charge is 2.30. The Labute approximate surface area is 112 Å². The van der Waals surface area contributed by atoms with Crippen molar-refractivity contribution in [2.24, 2.45) is 0 Å². The molecule has 1 heterocycles. The van der Waals surface area contributed by atoms with Crippen LogP contribution in [-0.2, 0) is 11.2 Å². The summed E-state index contributed by atoms with van der Waals surface area (Å²) < 4.78 is 17.2. The molecule has 5 heteroatoms. The van der Waals surface area contributed by atoms with Crippen LogP contribution in [0.3, 0.4) is 0 Å². The number of ether oxygens (including phenoxy) is 1. The van der Waals surface area contributed by atoms with E-state index in [0.717, 1.165) is 30.2 Å². The zero-order chi connectivity index (χ0) is 11.5. The van der Waals surface area contributed by atoms with E-state index >= 15 is 0 Å². The largest absolute Gasteiger partial charge is 0.616 e. The predicted molar refractivity (Wildman–Crippen MR) is 73.5 cm³/mol. The van der Waals surface area contributed by atoms with Crippen molar-refractivity contribution < 1.29 is 9.29 Å². The van der Waals surface area contributed by atoms with Crippen LogP contribution < -0.4 is 4.74 Å². The van der Waals surface area contributed by atoms with Gasteiger partial charge in [0.15, 0.2) is 5.25 Å². The first-order chi connectivity index (χ1) is 7.70. The Hall–Kier alpha value is -0.420. The lowest BCUT2D eigenvalue weighted by Gasteiger charge is -2.32. The molecular weight excluding hydrogens is 258 g/mol. The average Bonchev–Trinajstić information content (AvgIpc) is 2.32. The van der Waals surface area contributed by atoms with Crippen molar-refractivity contribution in [3.05, 3.63) is 29.8 Å². The third kappa shape index (κ3) is 3.52. The normalized spacial score (nSPS) is 25.1. The van der Waals surface area contributed by atoms with Gasteiger partial charge in [-0.05, 0) is 30.4 Å². The predicted octanol–water partition coefficient (Wildman–Crippen LogP) is 1.85. The lowest BCUT2D eigenvalue weighted by Crippen LogP contribution is -2.40. The monoisotopic (exact) mass is 275 g/mol. The SMILES string of the molecule is COc1cccc([C@H]2CN(C)CC[S+]2[O-])c1.Cl. The summed E-state index contributed by atoms with van der Waals surface area (Å²) in [5.74, 6) is 1.60. The van der Waals surface area contributed by atoms with E-state index in [9.17, 15) is 4.55 Å². The van der Waals surface area contributed by atoms with Crippen molar-refractivity contribution in [2.75, 3.05) is 33.0 Å². The zero-order valence-corrected chi connectivity index (χ0v) is 11.7. The molecule has 0 amide bonds. The van der Waals surface area contributed by atoms with Crippen molar-refractivity contribution in [1.29, 1.82) is 0 Å². The molecule has 3 nitrogen and oxygen atoms in total. The number of nitrogens with zero attached hydrogens (tertiary/aromatic N) is 1. The molecule has 1 aromatic carbocycles. The van der Waals surface area contributed by atoms with Gasteiger partial charge in [0.2, 0.25) is 0 Å². The number of hydrogen-bond donors (Lipinski definition) is 0. The second kappa shape index (κ2) is 6.50. The minimum absolute atomic E-state index is 0. The van der Waals surface area contributed by atoms with Crippen molar-refractivity contribution in [3.63, 3.8) is 0 Å². The van der Waals surface area contributed by atoms with Crippen molar-refractivity contribution in [1.82, 2.24) is 4.90 Å². The van der Waals surface area contributed by atoms with Gasteiger partial charge >= 0.3 is 0 Å². The summed E-state index contributed by atoms with van der Waals surface area (Å²) in [7, 11) is 3.73. The molecule has 17 heavy (non-hydrogen) atoms. The first-order valence-corrected chi connectivity index (χ1v) is 6.78. The first-order valence-electron chi connectivity index (χ1n) is 5.40. The number of halogens is 1. The molecule has 0 aliphatic carbocycles. The van der Waals surface area contributed by atoms with Gasteiger partial charge in [0.1, 0.15) is 11.5 Å². The van der Waals surface area contributed by atoms with E-state index in [1.165, 1.54) is 0 Å². The van der Waals surface area contributed by atoms with E-state index in [0.29, 0.717) is 0 Å². The Kier molecular flexibility index (Phi) is 5.59. The van der Waals surface area contributed by atoms with Gasteiger partial charge in [-0.2, -0.15) is 0 Å². The van der Waals surface area contributed by atoms with Crippen LogP contribution in [0.4, 0.5) is 0 Å². The van der Waals surface area contributed by atoms with Gasteiger partial charge in [0, 0.05) is 12.1 Å². The summed E-state index contributed by atoms with van der Waals surface area (Å²) in [5, 5.41) is 0.119. The topological polar surface area (TPSA) is 35.5 Å². The van der Waals surface area contributed by atoms with Crippen LogP contribution >= 0.6 is 12.4 Å². The number of hydrogen-bond acceptors (Lipinski definition) is 3. The Balaban J connectivity index is 0.00000144. The molecule has 1 aliphatic heterocycles. The van der Waals surface area contributed by atoms with Crippen LogP contribution in [0.2, 0.25) is 0 Å². The second-order valence-electron chi connectivity index (χ2n) is 4.11. The van der Waals surface area contributed by atoms with E-state index in [-0.39, 0.29) is 17.7 Å². The Morgan fingerprint density at radius 2 is 2.24 bits per heavy atom. The van der Waals surface area contributed by atoms with Gasteiger partial charge in [-0.25, -0.2) is 0 Å². The van der Waals surface area contributed by atoms with E-state index in [2.05, 4.69) is 11.9 Å². The average molecular weight is 276 g/mol. The highest BCUT2D eigenvalue weighted by atomic mass is 35.5. The Bertz CT molecular complexity index is 364. The lowest BCUT2D eigenvalue weighted by atomic mass is 10.1. The van der Waals surface area contributed by atoms with Crippen LogP contribution in [0.1, 0.15) is 10.8 Å². The maximum absolute atomic E-state index is 12.0. The molecule has 1 aromatic rings. The Morgan fingerprint density at radius 3 is 2.94 bits per heavy atom. The maximum Gasteiger partial charge on any atom is 0.153 e. The van der Waals surface area contributed by atoms with E-state index in [1.54, 1.807) is 7.11 Å². The van der Waals surface area contributed by atoms with E-state index < -0.39 is 11.2 Å². The summed E-state index contributed by atoms with van der Waals surface area (Å²) in [4.78, 5) is 2.23. The van der Waals surface area contributed by atoms with E-state index in [4.69, 9.17) is 4.74 Å². The fourth-order valence-electron chi connectivity index (χ4n) is 1.94. The smallest absolute Gasteiger partial charge is 0.153 e. The van der Waals surface area contributed by atoms with Crippen LogP contribution in [-0.4, -0.2) is 42.5 Å². The number of likely N-dealkylation sites (N-methyl/N-ethyl adjacent to an activating group) is 1. The third-order valence-corrected chi connectivity index (χ3v) is 4.58. The minimum atomic E-state index is -0.757. The second-order valence-corrected chi connectivity index (χ2v) is 5.85. The molecular formula is C12H18ClNO2S. The van der Waals surface area contributed by atoms with Crippen LogP contribution in [0.15, 0.2) is 24.3 Å². The van der Waals surface area contributed by atoms with Crippen LogP contribution in [0.25, 0.3) is 0 Å². The van der Waals surface area contributed by atoms with E-state index in [1.807, 2.05) is 24.3 Å². The fraction of sp³-hybridized carbons (Fsp3) is 0.500. The molecule has 1 saturated heterocycles. The summed E-state index contributed by atoms with van der Waals surface area (Å²) in [6.07, 6.45) is 0. The number of methoxy groups -OCH3 is 1. The van der Waals surface area contributed by atoms with Gasteiger partial charge < -0.3 is 9.29 Å². The molecule has 0 radical (unpaired) electrons. The van der Waals surface area contributed by atoms with Gasteiger partial charge in [-0.1, -0.05) is 12.1 Å². The quantitative estimate of drug-likeness (QED) is 0.773. The van der Waals surface area contributed by atoms with Crippen molar-refractivity contribution in [3.8, 4) is 5.75 Å². The molecule has 2 atom stereocenters. The summed E-state index contributed by atoms with van der Waals surface area (Å²) in [5.41, 5.74) is 1.12. The highest BCUT2D eigenvalue weighted by Crippen LogP contribution is 2.29. The Morgan fingerprint density at radius 1 is 1.47 bits per heavy atom.